The number of nitrogens with zero attached hydrogens (tertiary/aromatic N) is 5. The summed E-state index contributed by atoms with van der Waals surface area (Å²) in [6.07, 6.45) is 0. The molecule has 9 nitrogen and oxygen atoms in total. The number of tetrazole rings is 1. The van der Waals surface area contributed by atoms with Gasteiger partial charge in [0.25, 0.3) is 0 Å². The van der Waals surface area contributed by atoms with Gasteiger partial charge in [-0.2, -0.15) is 10.3 Å². The van der Waals surface area contributed by atoms with Crippen LogP contribution in [-0.2, 0) is 17.9 Å². The quantitative estimate of drug-likeness (QED) is 0.632. The Morgan fingerprint density at radius 3 is 2.83 bits per heavy atom. The van der Waals surface area contributed by atoms with Crippen molar-refractivity contribution < 1.29 is 4.79 Å². The number of H-pyrrole nitrogens is 1. The molecule has 2 aromatic heterocycles. The first-order valence-corrected chi connectivity index (χ1v) is 5.36. The van der Waals surface area contributed by atoms with Gasteiger partial charge in [-0.05, 0) is 13.8 Å². The van der Waals surface area contributed by atoms with Crippen LogP contribution in [0.4, 0.5) is 5.69 Å². The van der Waals surface area contributed by atoms with Crippen molar-refractivity contribution in [3.05, 3.63) is 17.2 Å². The first-order valence-electron chi connectivity index (χ1n) is 5.36. The molecule has 0 aromatic carbocycles. The van der Waals surface area contributed by atoms with Gasteiger partial charge in [0.05, 0.1) is 23.6 Å². The maximum absolute atomic E-state index is 11.7. The van der Waals surface area contributed by atoms with Gasteiger partial charge in [-0.1, -0.05) is 5.21 Å². The molecule has 0 radical (unpaired) electrons. The fourth-order valence-corrected chi connectivity index (χ4v) is 1.49. The highest BCUT2D eigenvalue weighted by Crippen LogP contribution is 2.14. The molecule has 9 heteroatoms. The van der Waals surface area contributed by atoms with E-state index in [1.807, 2.05) is 6.92 Å². The Morgan fingerprint density at radius 2 is 2.28 bits per heavy atom. The SMILES string of the molecule is Cc1nn(CC(=O)NCc2nn[nH]n2)c(C)c1N. The maximum Gasteiger partial charge on any atom is 0.242 e. The maximum atomic E-state index is 11.7. The second-order valence-corrected chi connectivity index (χ2v) is 3.85. The standard InChI is InChI=1S/C9H14N8O/c1-5-9(10)6(2)17(14-5)4-8(18)11-3-7-12-15-16-13-7/h3-4,10H2,1-2H3,(H,11,18)(H,12,13,15,16). The van der Waals surface area contributed by atoms with Gasteiger partial charge in [0.15, 0.2) is 5.82 Å². The lowest BCUT2D eigenvalue weighted by Gasteiger charge is -2.04. The van der Waals surface area contributed by atoms with Gasteiger partial charge < -0.3 is 11.1 Å². The number of carbonyl (C=O) groups excluding carboxylic acids is 1. The van der Waals surface area contributed by atoms with Gasteiger partial charge in [0.1, 0.15) is 6.54 Å². The Balaban J connectivity index is 1.93. The minimum atomic E-state index is -0.189. The molecule has 0 atom stereocenters. The number of hydrogen-bond donors (Lipinski definition) is 3. The predicted octanol–water partition coefficient (Wildman–Crippen LogP) is -1.09. The molecule has 0 spiro atoms. The van der Waals surface area contributed by atoms with Crippen molar-refractivity contribution in [1.82, 2.24) is 35.7 Å². The monoisotopic (exact) mass is 250 g/mol. The third-order valence-electron chi connectivity index (χ3n) is 2.56. The minimum Gasteiger partial charge on any atom is -0.396 e. The molecule has 4 N–H and O–H groups in total. The molecule has 0 bridgehead atoms. The van der Waals surface area contributed by atoms with Gasteiger partial charge in [-0.15, -0.1) is 10.2 Å². The zero-order valence-corrected chi connectivity index (χ0v) is 10.1. The first-order chi connectivity index (χ1) is 8.58. The van der Waals surface area contributed by atoms with Crippen molar-refractivity contribution in [2.75, 3.05) is 5.73 Å². The van der Waals surface area contributed by atoms with E-state index in [-0.39, 0.29) is 19.0 Å². The first kappa shape index (κ1) is 12.0. The summed E-state index contributed by atoms with van der Waals surface area (Å²) in [5, 5.41) is 20.0. The number of aromatic nitrogens is 6. The van der Waals surface area contributed by atoms with E-state index in [0.29, 0.717) is 11.5 Å². The van der Waals surface area contributed by atoms with Gasteiger partial charge in [0.2, 0.25) is 5.91 Å². The fraction of sp³-hybridized carbons (Fsp3) is 0.444. The summed E-state index contributed by atoms with van der Waals surface area (Å²) in [4.78, 5) is 11.7. The number of nitrogens with two attached hydrogens (primary N) is 1. The number of aryl methyl sites for hydroxylation is 1. The van der Waals surface area contributed by atoms with Crippen molar-refractivity contribution in [2.24, 2.45) is 0 Å². The molecule has 1 amide bonds. The molecule has 18 heavy (non-hydrogen) atoms. The zero-order valence-electron chi connectivity index (χ0n) is 10.1. The number of nitrogens with one attached hydrogen (secondary N) is 2. The summed E-state index contributed by atoms with van der Waals surface area (Å²) in [6, 6.07) is 0. The highest BCUT2D eigenvalue weighted by Gasteiger charge is 2.11. The Bertz CT molecular complexity index is 543. The van der Waals surface area contributed by atoms with Crippen LogP contribution in [-0.4, -0.2) is 36.3 Å². The number of amides is 1. The normalized spacial score (nSPS) is 10.6. The summed E-state index contributed by atoms with van der Waals surface area (Å²) >= 11 is 0. The largest absolute Gasteiger partial charge is 0.396 e. The Morgan fingerprint density at radius 1 is 1.50 bits per heavy atom. The zero-order chi connectivity index (χ0) is 13.1. The number of anilines is 1. The summed E-state index contributed by atoms with van der Waals surface area (Å²) in [5.74, 6) is 0.238. The van der Waals surface area contributed by atoms with E-state index < -0.39 is 0 Å². The molecule has 0 saturated heterocycles. The Labute approximate surface area is 103 Å². The lowest BCUT2D eigenvalue weighted by Crippen LogP contribution is -2.28. The highest BCUT2D eigenvalue weighted by molar-refractivity contribution is 5.75. The van der Waals surface area contributed by atoms with Crippen LogP contribution in [0.25, 0.3) is 0 Å². The minimum absolute atomic E-state index is 0.113. The van der Waals surface area contributed by atoms with Crippen molar-refractivity contribution >= 4 is 11.6 Å². The van der Waals surface area contributed by atoms with Crippen LogP contribution in [0.3, 0.4) is 0 Å². The van der Waals surface area contributed by atoms with Crippen LogP contribution >= 0.6 is 0 Å². The fourth-order valence-electron chi connectivity index (χ4n) is 1.49. The molecule has 96 valence electrons. The van der Waals surface area contributed by atoms with Crippen LogP contribution in [0.1, 0.15) is 17.2 Å². The van der Waals surface area contributed by atoms with Crippen LogP contribution in [0.15, 0.2) is 0 Å². The van der Waals surface area contributed by atoms with Crippen molar-refractivity contribution in [3.8, 4) is 0 Å². The number of rotatable bonds is 4. The molecule has 0 aliphatic rings. The van der Waals surface area contributed by atoms with Gasteiger partial charge >= 0.3 is 0 Å². The van der Waals surface area contributed by atoms with Crippen LogP contribution in [0.5, 0.6) is 0 Å². The lowest BCUT2D eigenvalue weighted by molar-refractivity contribution is -0.122. The molecule has 0 unspecified atom stereocenters. The smallest absolute Gasteiger partial charge is 0.242 e. The topological polar surface area (TPSA) is 127 Å². The van der Waals surface area contributed by atoms with Crippen LogP contribution in [0.2, 0.25) is 0 Å². The summed E-state index contributed by atoms with van der Waals surface area (Å²) in [6.45, 7) is 3.96. The molecular weight excluding hydrogens is 236 g/mol. The second kappa shape index (κ2) is 4.82. The average Bonchev–Trinajstić information content (AvgIpc) is 2.93. The lowest BCUT2D eigenvalue weighted by atomic mass is 10.3. The molecule has 0 fully saturated rings. The average molecular weight is 250 g/mol. The van der Waals surface area contributed by atoms with E-state index >= 15 is 0 Å². The van der Waals surface area contributed by atoms with E-state index in [1.165, 1.54) is 0 Å². The molecule has 0 aliphatic carbocycles. The van der Waals surface area contributed by atoms with Crippen molar-refractivity contribution in [2.45, 2.75) is 26.9 Å². The van der Waals surface area contributed by atoms with Crippen LogP contribution in [0, 0.1) is 13.8 Å². The van der Waals surface area contributed by atoms with Gasteiger partial charge in [-0.3, -0.25) is 9.48 Å². The van der Waals surface area contributed by atoms with Crippen molar-refractivity contribution in [1.29, 1.82) is 0 Å². The number of nitrogen functional groups attached to an aromatic ring is 1. The summed E-state index contributed by atoms with van der Waals surface area (Å²) in [7, 11) is 0. The number of hydrogen-bond acceptors (Lipinski definition) is 6. The van der Waals surface area contributed by atoms with Gasteiger partial charge in [-0.25, -0.2) is 0 Å². The van der Waals surface area contributed by atoms with E-state index in [2.05, 4.69) is 31.0 Å². The van der Waals surface area contributed by atoms with E-state index in [1.54, 1.807) is 11.6 Å². The summed E-state index contributed by atoms with van der Waals surface area (Å²) in [5.41, 5.74) is 7.89. The van der Waals surface area contributed by atoms with Crippen molar-refractivity contribution in [3.63, 3.8) is 0 Å². The van der Waals surface area contributed by atoms with Gasteiger partial charge in [0, 0.05) is 0 Å². The Hall–Kier alpha value is -2.45. The third kappa shape index (κ3) is 2.44. The molecule has 2 heterocycles. The molecule has 2 aromatic rings. The molecular formula is C9H14N8O. The third-order valence-corrected chi connectivity index (χ3v) is 2.56. The molecule has 0 saturated carbocycles. The number of aromatic amines is 1. The van der Waals surface area contributed by atoms with Crippen LogP contribution < -0.4 is 11.1 Å². The molecule has 2 rings (SSSR count). The molecule has 0 aliphatic heterocycles. The summed E-state index contributed by atoms with van der Waals surface area (Å²) < 4.78 is 1.57. The number of carbonyl (C=O) groups is 1. The van der Waals surface area contributed by atoms with E-state index in [9.17, 15) is 4.79 Å². The predicted molar refractivity (Wildman–Crippen MR) is 62.1 cm³/mol. The second-order valence-electron chi connectivity index (χ2n) is 3.85. The van der Waals surface area contributed by atoms with E-state index in [4.69, 9.17) is 5.73 Å². The Kier molecular flexibility index (Phi) is 3.22. The highest BCUT2D eigenvalue weighted by atomic mass is 16.2. The van der Waals surface area contributed by atoms with E-state index in [0.717, 1.165) is 11.4 Å².